The van der Waals surface area contributed by atoms with Crippen molar-refractivity contribution >= 4 is 12.1 Å². The Hall–Kier alpha value is -3.74. The van der Waals surface area contributed by atoms with Gasteiger partial charge < -0.3 is 15.2 Å². The van der Waals surface area contributed by atoms with Gasteiger partial charge in [0.05, 0.1) is 0 Å². The van der Waals surface area contributed by atoms with Gasteiger partial charge in [-0.1, -0.05) is 60.7 Å². The molecule has 3 aromatic rings. The van der Waals surface area contributed by atoms with Crippen molar-refractivity contribution in [2.75, 3.05) is 6.61 Å². The van der Waals surface area contributed by atoms with E-state index in [9.17, 15) is 23.5 Å². The quantitative estimate of drug-likeness (QED) is 0.618. The Morgan fingerprint density at radius 2 is 1.55 bits per heavy atom. The molecule has 3 aromatic carbocycles. The van der Waals surface area contributed by atoms with Crippen molar-refractivity contribution in [2.45, 2.75) is 18.4 Å². The fraction of sp³-hybridized carbons (Fsp3) is 0.167. The van der Waals surface area contributed by atoms with E-state index in [1.807, 2.05) is 48.5 Å². The van der Waals surface area contributed by atoms with E-state index in [4.69, 9.17) is 4.74 Å². The molecule has 4 rings (SSSR count). The lowest BCUT2D eigenvalue weighted by Crippen LogP contribution is -2.50. The van der Waals surface area contributed by atoms with Crippen LogP contribution in [-0.2, 0) is 15.1 Å². The normalized spacial score (nSPS) is 14.3. The largest absolute Gasteiger partial charge is 0.479 e. The number of carboxylic acids is 1. The highest BCUT2D eigenvalue weighted by Crippen LogP contribution is 2.44. The van der Waals surface area contributed by atoms with E-state index in [1.54, 1.807) is 0 Å². The molecule has 2 N–H and O–H groups in total. The smallest absolute Gasteiger partial charge is 0.408 e. The Labute approximate surface area is 177 Å². The number of nitrogens with one attached hydrogen (secondary N) is 1. The van der Waals surface area contributed by atoms with Gasteiger partial charge >= 0.3 is 12.1 Å². The molecule has 0 saturated carbocycles. The van der Waals surface area contributed by atoms with Crippen molar-refractivity contribution in [1.29, 1.82) is 0 Å². The number of carbonyl (C=O) groups excluding carboxylic acids is 1. The molecule has 0 bridgehead atoms. The Kier molecular flexibility index (Phi) is 5.19. The van der Waals surface area contributed by atoms with Gasteiger partial charge in [0, 0.05) is 11.5 Å². The lowest BCUT2D eigenvalue weighted by Gasteiger charge is -2.27. The summed E-state index contributed by atoms with van der Waals surface area (Å²) in [5.41, 5.74) is 1.36. The van der Waals surface area contributed by atoms with Gasteiger partial charge in [0.25, 0.3) is 0 Å². The Morgan fingerprint density at radius 1 is 0.968 bits per heavy atom. The minimum Gasteiger partial charge on any atom is -0.479 e. The molecule has 1 aliphatic carbocycles. The number of fused-ring (bicyclic) bond motifs is 3. The van der Waals surface area contributed by atoms with Crippen molar-refractivity contribution < 1.29 is 28.2 Å². The number of amides is 1. The molecule has 5 nitrogen and oxygen atoms in total. The van der Waals surface area contributed by atoms with Crippen LogP contribution in [0.2, 0.25) is 0 Å². The number of halogens is 2. The van der Waals surface area contributed by atoms with Crippen molar-refractivity contribution in [2.24, 2.45) is 0 Å². The molecule has 1 amide bonds. The van der Waals surface area contributed by atoms with Crippen molar-refractivity contribution in [3.63, 3.8) is 0 Å². The maximum absolute atomic E-state index is 14.2. The highest BCUT2D eigenvalue weighted by atomic mass is 19.2. The maximum atomic E-state index is 14.2. The summed E-state index contributed by atoms with van der Waals surface area (Å²) in [6, 6.07) is 18.7. The zero-order valence-corrected chi connectivity index (χ0v) is 16.6. The molecule has 0 aromatic heterocycles. The molecule has 0 aliphatic heterocycles. The number of aliphatic carboxylic acids is 1. The minimum atomic E-state index is -2.21. The molecule has 0 saturated heterocycles. The predicted octanol–water partition coefficient (Wildman–Crippen LogP) is 4.80. The number of carbonyl (C=O) groups is 2. The van der Waals surface area contributed by atoms with E-state index in [0.29, 0.717) is 0 Å². The third-order valence-corrected chi connectivity index (χ3v) is 5.61. The zero-order chi connectivity index (χ0) is 22.2. The number of ether oxygens (including phenoxy) is 1. The van der Waals surface area contributed by atoms with Gasteiger partial charge in [-0.2, -0.15) is 0 Å². The Bertz CT molecular complexity index is 1130. The monoisotopic (exact) mass is 423 g/mol. The van der Waals surface area contributed by atoms with Crippen LogP contribution in [0.4, 0.5) is 13.6 Å². The number of benzene rings is 3. The highest BCUT2D eigenvalue weighted by molar-refractivity contribution is 5.85. The second kappa shape index (κ2) is 7.83. The topological polar surface area (TPSA) is 75.6 Å². The summed E-state index contributed by atoms with van der Waals surface area (Å²) in [5.74, 6) is -4.32. The van der Waals surface area contributed by atoms with Crippen LogP contribution < -0.4 is 5.32 Å². The SMILES string of the molecule is CC(NC(=O)OCC1c2ccccc2-c2ccccc21)(C(=O)O)c1cccc(F)c1F. The summed E-state index contributed by atoms with van der Waals surface area (Å²) in [6.45, 7) is 1.04. The summed E-state index contributed by atoms with van der Waals surface area (Å²) < 4.78 is 33.2. The van der Waals surface area contributed by atoms with E-state index < -0.39 is 34.8 Å². The number of carboxylic acid groups (broad SMARTS) is 1. The average molecular weight is 423 g/mol. The molecule has 0 radical (unpaired) electrons. The third kappa shape index (κ3) is 3.52. The highest BCUT2D eigenvalue weighted by Gasteiger charge is 2.41. The van der Waals surface area contributed by atoms with Gasteiger partial charge in [-0.3, -0.25) is 0 Å². The van der Waals surface area contributed by atoms with Gasteiger partial charge in [-0.05, 0) is 35.2 Å². The molecule has 1 atom stereocenters. The van der Waals surface area contributed by atoms with Gasteiger partial charge in [0.2, 0.25) is 0 Å². The number of rotatable bonds is 5. The number of alkyl carbamates (subject to hydrolysis) is 1. The first-order chi connectivity index (χ1) is 14.8. The molecule has 1 aliphatic rings. The zero-order valence-electron chi connectivity index (χ0n) is 16.6. The first-order valence-corrected chi connectivity index (χ1v) is 9.64. The second-order valence-corrected chi connectivity index (χ2v) is 7.48. The van der Waals surface area contributed by atoms with Crippen LogP contribution in [-0.4, -0.2) is 23.8 Å². The minimum absolute atomic E-state index is 0.0405. The summed E-state index contributed by atoms with van der Waals surface area (Å²) in [4.78, 5) is 24.3. The standard InChI is InChI=1S/C24H19F2NO4/c1-24(22(28)29,19-11-6-12-20(25)21(19)26)27-23(30)31-13-18-16-9-4-2-7-14(16)15-8-3-5-10-17(15)18/h2-12,18H,13H2,1H3,(H,27,30)(H,28,29). The average Bonchev–Trinajstić information content (AvgIpc) is 3.08. The number of hydrogen-bond acceptors (Lipinski definition) is 3. The molecule has 0 spiro atoms. The van der Waals surface area contributed by atoms with Crippen LogP contribution in [0, 0.1) is 11.6 Å². The van der Waals surface area contributed by atoms with E-state index >= 15 is 0 Å². The third-order valence-electron chi connectivity index (χ3n) is 5.61. The molecular weight excluding hydrogens is 404 g/mol. The van der Waals surface area contributed by atoms with E-state index in [2.05, 4.69) is 5.32 Å². The van der Waals surface area contributed by atoms with Gasteiger partial charge in [-0.15, -0.1) is 0 Å². The first kappa shape index (κ1) is 20.5. The second-order valence-electron chi connectivity index (χ2n) is 7.48. The van der Waals surface area contributed by atoms with Crippen LogP contribution in [0.5, 0.6) is 0 Å². The maximum Gasteiger partial charge on any atom is 0.408 e. The molecule has 158 valence electrons. The fourth-order valence-corrected chi connectivity index (χ4v) is 3.96. The fourth-order valence-electron chi connectivity index (χ4n) is 3.96. The van der Waals surface area contributed by atoms with Gasteiger partial charge in [0.1, 0.15) is 6.61 Å². The van der Waals surface area contributed by atoms with Crippen molar-refractivity contribution in [3.05, 3.63) is 95.1 Å². The lowest BCUT2D eigenvalue weighted by atomic mass is 9.91. The van der Waals surface area contributed by atoms with Crippen LogP contribution in [0.25, 0.3) is 11.1 Å². The molecule has 31 heavy (non-hydrogen) atoms. The molecule has 0 heterocycles. The molecule has 7 heteroatoms. The summed E-state index contributed by atoms with van der Waals surface area (Å²) in [7, 11) is 0. The Balaban J connectivity index is 1.55. The van der Waals surface area contributed by atoms with Crippen LogP contribution in [0.15, 0.2) is 66.7 Å². The van der Waals surface area contributed by atoms with Crippen LogP contribution in [0.3, 0.4) is 0 Å². The van der Waals surface area contributed by atoms with Gasteiger partial charge in [-0.25, -0.2) is 18.4 Å². The summed E-state index contributed by atoms with van der Waals surface area (Å²) >= 11 is 0. The Morgan fingerprint density at radius 3 is 2.13 bits per heavy atom. The van der Waals surface area contributed by atoms with E-state index in [1.165, 1.54) is 6.07 Å². The van der Waals surface area contributed by atoms with Crippen LogP contribution >= 0.6 is 0 Å². The predicted molar refractivity (Wildman–Crippen MR) is 110 cm³/mol. The van der Waals surface area contributed by atoms with Gasteiger partial charge in [0.15, 0.2) is 17.2 Å². The summed E-state index contributed by atoms with van der Waals surface area (Å²) in [6.07, 6.45) is -1.05. The number of hydrogen-bond donors (Lipinski definition) is 2. The van der Waals surface area contributed by atoms with Crippen molar-refractivity contribution in [1.82, 2.24) is 5.32 Å². The molecule has 1 unspecified atom stereocenters. The molecular formula is C24H19F2NO4. The van der Waals surface area contributed by atoms with Crippen LogP contribution in [0.1, 0.15) is 29.5 Å². The summed E-state index contributed by atoms with van der Waals surface area (Å²) in [5, 5.41) is 11.8. The van der Waals surface area contributed by atoms with E-state index in [0.717, 1.165) is 41.3 Å². The van der Waals surface area contributed by atoms with E-state index in [-0.39, 0.29) is 12.5 Å². The first-order valence-electron chi connectivity index (χ1n) is 9.64. The lowest BCUT2D eigenvalue weighted by molar-refractivity contribution is -0.144. The molecule has 0 fully saturated rings. The van der Waals surface area contributed by atoms with Crippen molar-refractivity contribution in [3.8, 4) is 11.1 Å².